The van der Waals surface area contributed by atoms with Gasteiger partial charge in [-0.05, 0) is 77.0 Å². The summed E-state index contributed by atoms with van der Waals surface area (Å²) in [7, 11) is 1.66. The van der Waals surface area contributed by atoms with E-state index >= 15 is 0 Å². The second-order valence-electron chi connectivity index (χ2n) is 18.5. The van der Waals surface area contributed by atoms with Crippen LogP contribution >= 0.6 is 7.82 Å². The van der Waals surface area contributed by atoms with E-state index in [1.165, 1.54) is 135 Å². The summed E-state index contributed by atoms with van der Waals surface area (Å²) >= 11 is 0. The Balaban J connectivity index is 4.12. The first-order chi connectivity index (χ1) is 30.6. The number of nitrogens with zero attached hydrogens (tertiary/aromatic N) is 1. The predicted octanol–water partition coefficient (Wildman–Crippen LogP) is 16.1. The first-order valence-electron chi connectivity index (χ1n) is 26.0. The van der Waals surface area contributed by atoms with Crippen LogP contribution in [0.2, 0.25) is 0 Å². The number of hydrogen-bond acceptors (Lipinski definition) is 6. The lowest BCUT2D eigenvalue weighted by atomic mass is 10.0. The highest BCUT2D eigenvalue weighted by Gasteiger charge is 2.26. The van der Waals surface area contributed by atoms with Crippen LogP contribution in [0.5, 0.6) is 0 Å². The third-order valence-electron chi connectivity index (χ3n) is 11.1. The maximum absolute atomic E-state index is 12.8. The highest BCUT2D eigenvalue weighted by molar-refractivity contribution is 7.47. The van der Waals surface area contributed by atoms with E-state index in [4.69, 9.17) is 18.5 Å². The molecular formula is C54H101NO7P+. The molecule has 0 rings (SSSR count). The number of carbonyl (C=O) groups excluding carboxylic acids is 1. The fraction of sp³-hybridized carbons (Fsp3) is 0.796. The molecule has 0 radical (unpaired) electrons. The number of unbranched alkanes of at least 4 members (excludes halogenated alkanes) is 24. The minimum absolute atomic E-state index is 0.0843. The topological polar surface area (TPSA) is 91.3 Å². The summed E-state index contributed by atoms with van der Waals surface area (Å²) in [4.78, 5) is 23.0. The number of esters is 1. The molecule has 0 amide bonds. The summed E-state index contributed by atoms with van der Waals surface area (Å²) < 4.78 is 35.2. The first kappa shape index (κ1) is 61.2. The van der Waals surface area contributed by atoms with Crippen molar-refractivity contribution in [2.75, 3.05) is 54.1 Å². The van der Waals surface area contributed by atoms with Crippen molar-refractivity contribution < 1.29 is 37.3 Å². The molecule has 0 fully saturated rings. The van der Waals surface area contributed by atoms with E-state index in [-0.39, 0.29) is 25.8 Å². The molecule has 8 nitrogen and oxygen atoms in total. The van der Waals surface area contributed by atoms with Crippen LogP contribution in [0.15, 0.2) is 60.8 Å². The zero-order valence-corrected chi connectivity index (χ0v) is 42.7. The standard InChI is InChI=1S/C54H100NO7P/c1-6-8-10-12-14-16-18-20-22-24-25-26-27-28-29-30-32-34-36-38-40-42-44-46-49-59-51-53(52-61-63(57,58)60-50-48-55(3,4)5)62-54(56)47-45-43-41-39-37-35-33-31-23-21-19-17-15-13-11-9-7-2/h9,11,15,17-18,20-21,23-25,53H,6-8,10,12-14,16,19,22,26-52H2,1-5H3/p+1/b11-9-,17-15-,20-18-,23-21-,25-24-. The van der Waals surface area contributed by atoms with Crippen LogP contribution in [0.4, 0.5) is 0 Å². The SMILES string of the molecule is CC/C=C\C/C=C\C/C=C\CCCCCCCCCC(=O)OC(COCCCCCCCCCCCCCC/C=C\C/C=C\CCCCCCC)COP(=O)(O)OCC[N+](C)(C)C. The molecule has 2 unspecified atom stereocenters. The second kappa shape index (κ2) is 46.7. The van der Waals surface area contributed by atoms with E-state index in [0.717, 1.165) is 64.2 Å². The summed E-state index contributed by atoms with van der Waals surface area (Å²) in [5, 5.41) is 0. The van der Waals surface area contributed by atoms with Gasteiger partial charge in [0.25, 0.3) is 0 Å². The van der Waals surface area contributed by atoms with Crippen molar-refractivity contribution in [2.24, 2.45) is 0 Å². The Morgan fingerprint density at radius 2 is 0.921 bits per heavy atom. The zero-order valence-electron chi connectivity index (χ0n) is 41.8. The lowest BCUT2D eigenvalue weighted by Crippen LogP contribution is -2.37. The quantitative estimate of drug-likeness (QED) is 0.0214. The maximum Gasteiger partial charge on any atom is 0.472 e. The number of allylic oxidation sites excluding steroid dienone is 10. The molecule has 0 aromatic heterocycles. The zero-order chi connectivity index (χ0) is 46.2. The Morgan fingerprint density at radius 1 is 0.508 bits per heavy atom. The molecule has 0 aromatic carbocycles. The van der Waals surface area contributed by atoms with Crippen molar-refractivity contribution >= 4 is 13.8 Å². The van der Waals surface area contributed by atoms with Crippen LogP contribution in [0.25, 0.3) is 0 Å². The van der Waals surface area contributed by atoms with Gasteiger partial charge in [0.2, 0.25) is 0 Å². The van der Waals surface area contributed by atoms with Crippen LogP contribution in [-0.2, 0) is 27.9 Å². The number of likely N-dealkylation sites (N-methyl/N-ethyl adjacent to an activating group) is 1. The molecule has 0 aliphatic carbocycles. The van der Waals surface area contributed by atoms with Gasteiger partial charge >= 0.3 is 13.8 Å². The van der Waals surface area contributed by atoms with Crippen LogP contribution < -0.4 is 0 Å². The molecule has 9 heteroatoms. The molecule has 0 aliphatic heterocycles. The summed E-state index contributed by atoms with van der Waals surface area (Å²) in [6.07, 6.45) is 59.8. The van der Waals surface area contributed by atoms with Crippen LogP contribution in [0, 0.1) is 0 Å². The largest absolute Gasteiger partial charge is 0.472 e. The lowest BCUT2D eigenvalue weighted by Gasteiger charge is -2.24. The minimum Gasteiger partial charge on any atom is -0.457 e. The Labute approximate surface area is 390 Å². The third-order valence-corrected chi connectivity index (χ3v) is 12.0. The van der Waals surface area contributed by atoms with Crippen molar-refractivity contribution in [3.63, 3.8) is 0 Å². The lowest BCUT2D eigenvalue weighted by molar-refractivity contribution is -0.870. The van der Waals surface area contributed by atoms with Gasteiger partial charge in [-0.3, -0.25) is 13.8 Å². The fourth-order valence-corrected chi connectivity index (χ4v) is 7.81. The van der Waals surface area contributed by atoms with Gasteiger partial charge in [-0.25, -0.2) is 4.57 Å². The van der Waals surface area contributed by atoms with Gasteiger partial charge in [-0.15, -0.1) is 0 Å². The smallest absolute Gasteiger partial charge is 0.457 e. The summed E-state index contributed by atoms with van der Waals surface area (Å²) in [5.74, 6) is -0.324. The number of phosphoric acid groups is 1. The minimum atomic E-state index is -4.29. The van der Waals surface area contributed by atoms with Gasteiger partial charge in [-0.2, -0.15) is 0 Å². The van der Waals surface area contributed by atoms with Crippen molar-refractivity contribution in [3.05, 3.63) is 60.8 Å². The Morgan fingerprint density at radius 3 is 1.38 bits per heavy atom. The van der Waals surface area contributed by atoms with Crippen molar-refractivity contribution in [3.8, 4) is 0 Å². The van der Waals surface area contributed by atoms with E-state index in [2.05, 4.69) is 74.6 Å². The van der Waals surface area contributed by atoms with Crippen LogP contribution in [0.1, 0.15) is 219 Å². The van der Waals surface area contributed by atoms with Gasteiger partial charge in [0, 0.05) is 13.0 Å². The normalized spacial score (nSPS) is 14.1. The third kappa shape index (κ3) is 51.1. The number of hydrogen-bond donors (Lipinski definition) is 1. The number of quaternary nitrogens is 1. The highest BCUT2D eigenvalue weighted by Crippen LogP contribution is 2.43. The van der Waals surface area contributed by atoms with Crippen molar-refractivity contribution in [2.45, 2.75) is 225 Å². The first-order valence-corrected chi connectivity index (χ1v) is 27.5. The number of rotatable bonds is 48. The Hall–Kier alpha value is -1.80. The van der Waals surface area contributed by atoms with E-state index in [1.807, 2.05) is 21.1 Å². The van der Waals surface area contributed by atoms with Crippen LogP contribution in [-0.4, -0.2) is 75.6 Å². The van der Waals surface area contributed by atoms with Gasteiger partial charge in [0.15, 0.2) is 0 Å². The second-order valence-corrected chi connectivity index (χ2v) is 20.0. The Bertz CT molecular complexity index is 1190. The van der Waals surface area contributed by atoms with E-state index < -0.39 is 13.9 Å². The maximum atomic E-state index is 12.8. The predicted molar refractivity (Wildman–Crippen MR) is 270 cm³/mol. The van der Waals surface area contributed by atoms with Gasteiger partial charge in [0.05, 0.1) is 34.4 Å². The van der Waals surface area contributed by atoms with Gasteiger partial charge < -0.3 is 18.9 Å². The van der Waals surface area contributed by atoms with E-state index in [9.17, 15) is 14.3 Å². The molecule has 0 bridgehead atoms. The van der Waals surface area contributed by atoms with Gasteiger partial charge in [-0.1, -0.05) is 197 Å². The molecule has 368 valence electrons. The molecule has 0 aromatic rings. The molecule has 0 heterocycles. The molecular weight excluding hydrogens is 806 g/mol. The fourth-order valence-electron chi connectivity index (χ4n) is 7.07. The molecule has 2 atom stereocenters. The molecule has 1 N–H and O–H groups in total. The summed E-state index contributed by atoms with van der Waals surface area (Å²) in [6, 6.07) is 0. The molecule has 0 spiro atoms. The average molecular weight is 907 g/mol. The molecule has 63 heavy (non-hydrogen) atoms. The summed E-state index contributed by atoms with van der Waals surface area (Å²) in [6.45, 7) is 5.50. The van der Waals surface area contributed by atoms with Crippen molar-refractivity contribution in [1.82, 2.24) is 0 Å². The number of phosphoric ester groups is 1. The highest BCUT2D eigenvalue weighted by atomic mass is 31.2. The Kier molecular flexibility index (Phi) is 45.4. The monoisotopic (exact) mass is 907 g/mol. The van der Waals surface area contributed by atoms with Crippen LogP contribution in [0.3, 0.4) is 0 Å². The van der Waals surface area contributed by atoms with Gasteiger partial charge in [0.1, 0.15) is 19.3 Å². The molecule has 0 saturated carbocycles. The average Bonchev–Trinajstić information content (AvgIpc) is 3.24. The summed E-state index contributed by atoms with van der Waals surface area (Å²) in [5.41, 5.74) is 0. The number of carbonyl (C=O) groups is 1. The molecule has 0 saturated heterocycles. The van der Waals surface area contributed by atoms with Crippen molar-refractivity contribution in [1.29, 1.82) is 0 Å². The van der Waals surface area contributed by atoms with E-state index in [1.54, 1.807) is 0 Å². The molecule has 0 aliphatic rings. The van der Waals surface area contributed by atoms with E-state index in [0.29, 0.717) is 24.1 Å². The number of ether oxygens (including phenoxy) is 2.